The smallest absolute Gasteiger partial charge is 0.305 e. The molecule has 0 saturated carbocycles. The largest absolute Gasteiger partial charge is 0.481 e. The zero-order valence-corrected chi connectivity index (χ0v) is 8.93. The third kappa shape index (κ3) is 2.60. The highest BCUT2D eigenvalue weighted by atomic mass is 16.4. The van der Waals surface area contributed by atoms with Gasteiger partial charge in [-0.05, 0) is 12.1 Å². The molecule has 6 nitrogen and oxygen atoms in total. The lowest BCUT2D eigenvalue weighted by Crippen LogP contribution is -2.15. The summed E-state index contributed by atoms with van der Waals surface area (Å²) in [6.45, 7) is 0.219. The monoisotopic (exact) mass is 233 g/mol. The first kappa shape index (κ1) is 11.1. The Hall–Kier alpha value is -2.37. The van der Waals surface area contributed by atoms with Crippen molar-refractivity contribution >= 4 is 22.8 Å². The van der Waals surface area contributed by atoms with E-state index in [4.69, 9.17) is 5.11 Å². The van der Waals surface area contributed by atoms with E-state index in [2.05, 4.69) is 15.3 Å². The van der Waals surface area contributed by atoms with Gasteiger partial charge in [-0.1, -0.05) is 12.1 Å². The lowest BCUT2D eigenvalue weighted by Gasteiger charge is -2.04. The van der Waals surface area contributed by atoms with Crippen LogP contribution in [0.1, 0.15) is 6.42 Å². The van der Waals surface area contributed by atoms with Crippen LogP contribution in [0.25, 0.3) is 10.9 Å². The summed E-state index contributed by atoms with van der Waals surface area (Å²) in [4.78, 5) is 28.7. The predicted octanol–water partition coefficient (Wildman–Crippen LogP) is 0.810. The van der Waals surface area contributed by atoms with Gasteiger partial charge in [-0.2, -0.15) is 0 Å². The number of aromatic nitrogens is 2. The second-order valence-corrected chi connectivity index (χ2v) is 3.50. The standard InChI is InChI=1S/C11H11N3O3/c15-9(16)5-6-12-11-13-8-4-2-1-3-7(8)10(17)14-11/h1-4H,5-6H2,(H,15,16)(H2,12,13,14,17). The molecule has 0 spiro atoms. The highest BCUT2D eigenvalue weighted by Gasteiger charge is 2.03. The van der Waals surface area contributed by atoms with Crippen LogP contribution in [0, 0.1) is 0 Å². The molecular weight excluding hydrogens is 222 g/mol. The van der Waals surface area contributed by atoms with Gasteiger partial charge in [-0.3, -0.25) is 14.6 Å². The van der Waals surface area contributed by atoms with Gasteiger partial charge in [-0.15, -0.1) is 0 Å². The molecule has 0 aliphatic rings. The number of hydrogen-bond donors (Lipinski definition) is 3. The lowest BCUT2D eigenvalue weighted by atomic mass is 10.2. The average molecular weight is 233 g/mol. The summed E-state index contributed by atoms with van der Waals surface area (Å²) in [5.74, 6) is -0.615. The quantitative estimate of drug-likeness (QED) is 0.726. The predicted molar refractivity (Wildman–Crippen MR) is 63.1 cm³/mol. The van der Waals surface area contributed by atoms with Crippen molar-refractivity contribution in [2.24, 2.45) is 0 Å². The van der Waals surface area contributed by atoms with Crippen molar-refractivity contribution in [3.63, 3.8) is 0 Å². The van der Waals surface area contributed by atoms with Gasteiger partial charge in [0.15, 0.2) is 0 Å². The van der Waals surface area contributed by atoms with Crippen LogP contribution in [0.5, 0.6) is 0 Å². The molecule has 2 aromatic rings. The maximum Gasteiger partial charge on any atom is 0.305 e. The molecule has 88 valence electrons. The van der Waals surface area contributed by atoms with Crippen LogP contribution < -0.4 is 10.9 Å². The zero-order chi connectivity index (χ0) is 12.3. The second kappa shape index (κ2) is 4.65. The second-order valence-electron chi connectivity index (χ2n) is 3.50. The van der Waals surface area contributed by atoms with E-state index in [-0.39, 0.29) is 24.5 Å². The third-order valence-electron chi connectivity index (χ3n) is 2.24. The number of carbonyl (C=O) groups is 1. The summed E-state index contributed by atoms with van der Waals surface area (Å²) in [6.07, 6.45) is -0.0312. The summed E-state index contributed by atoms with van der Waals surface area (Å²) in [7, 11) is 0. The van der Waals surface area contributed by atoms with Crippen LogP contribution in [0.15, 0.2) is 29.1 Å². The van der Waals surface area contributed by atoms with Gasteiger partial charge in [0.05, 0.1) is 17.3 Å². The number of aromatic amines is 1. The van der Waals surface area contributed by atoms with Gasteiger partial charge in [0, 0.05) is 6.54 Å². The van der Waals surface area contributed by atoms with Crippen LogP contribution in [0.4, 0.5) is 5.95 Å². The summed E-state index contributed by atoms with van der Waals surface area (Å²) in [5.41, 5.74) is 0.336. The van der Waals surface area contributed by atoms with Crippen LogP contribution in [-0.4, -0.2) is 27.6 Å². The Labute approximate surface area is 96.3 Å². The molecule has 17 heavy (non-hydrogen) atoms. The SMILES string of the molecule is O=C(O)CCNc1nc2ccccc2c(=O)[nH]1. The lowest BCUT2D eigenvalue weighted by molar-refractivity contribution is -0.136. The number of fused-ring (bicyclic) bond motifs is 1. The van der Waals surface area contributed by atoms with Gasteiger partial charge in [0.2, 0.25) is 5.95 Å². The molecule has 0 aliphatic heterocycles. The Morgan fingerprint density at radius 3 is 2.94 bits per heavy atom. The molecule has 0 amide bonds. The average Bonchev–Trinajstić information content (AvgIpc) is 2.28. The number of H-pyrrole nitrogens is 1. The van der Waals surface area contributed by atoms with Gasteiger partial charge in [0.25, 0.3) is 5.56 Å². The molecule has 0 unspecified atom stereocenters. The summed E-state index contributed by atoms with van der Waals surface area (Å²) < 4.78 is 0. The van der Waals surface area contributed by atoms with Crippen LogP contribution in [-0.2, 0) is 4.79 Å². The van der Waals surface area contributed by atoms with Gasteiger partial charge in [0.1, 0.15) is 0 Å². The molecular formula is C11H11N3O3. The molecule has 6 heteroatoms. The Morgan fingerprint density at radius 1 is 1.41 bits per heavy atom. The number of carboxylic acids is 1. The number of nitrogens with zero attached hydrogens (tertiary/aromatic N) is 1. The fourth-order valence-corrected chi connectivity index (χ4v) is 1.46. The Bertz CT molecular complexity index is 606. The van der Waals surface area contributed by atoms with Crippen LogP contribution in [0.2, 0.25) is 0 Å². The first-order valence-corrected chi connectivity index (χ1v) is 5.11. The molecule has 3 N–H and O–H groups in total. The van der Waals surface area contributed by atoms with Crippen LogP contribution >= 0.6 is 0 Å². The number of anilines is 1. The van der Waals surface area contributed by atoms with E-state index in [9.17, 15) is 9.59 Å². The van der Waals surface area contributed by atoms with Crippen molar-refractivity contribution in [1.82, 2.24) is 9.97 Å². The number of nitrogens with one attached hydrogen (secondary N) is 2. The highest BCUT2D eigenvalue weighted by molar-refractivity contribution is 5.78. The van der Waals surface area contributed by atoms with Crippen molar-refractivity contribution in [3.8, 4) is 0 Å². The number of aliphatic carboxylic acids is 1. The molecule has 2 rings (SSSR count). The molecule has 0 fully saturated rings. The number of hydrogen-bond acceptors (Lipinski definition) is 4. The molecule has 1 aromatic carbocycles. The van der Waals surface area contributed by atoms with E-state index in [0.717, 1.165) is 0 Å². The van der Waals surface area contributed by atoms with Crippen molar-refractivity contribution in [2.75, 3.05) is 11.9 Å². The fraction of sp³-hybridized carbons (Fsp3) is 0.182. The molecule has 0 saturated heterocycles. The zero-order valence-electron chi connectivity index (χ0n) is 8.93. The maximum absolute atomic E-state index is 11.6. The van der Waals surface area contributed by atoms with Crippen molar-refractivity contribution in [3.05, 3.63) is 34.6 Å². The normalized spacial score (nSPS) is 10.4. The summed E-state index contributed by atoms with van der Waals surface area (Å²) in [5, 5.41) is 11.8. The van der Waals surface area contributed by atoms with Crippen molar-refractivity contribution in [2.45, 2.75) is 6.42 Å². The highest BCUT2D eigenvalue weighted by Crippen LogP contribution is 2.07. The van der Waals surface area contributed by atoms with Crippen molar-refractivity contribution in [1.29, 1.82) is 0 Å². The van der Waals surface area contributed by atoms with E-state index < -0.39 is 5.97 Å². The molecule has 0 bridgehead atoms. The molecule has 0 atom stereocenters. The van der Waals surface area contributed by atoms with Gasteiger partial charge >= 0.3 is 5.97 Å². The fourth-order valence-electron chi connectivity index (χ4n) is 1.46. The van der Waals surface area contributed by atoms with Crippen LogP contribution in [0.3, 0.4) is 0 Å². The maximum atomic E-state index is 11.6. The Morgan fingerprint density at radius 2 is 2.18 bits per heavy atom. The minimum atomic E-state index is -0.902. The summed E-state index contributed by atoms with van der Waals surface area (Å²) in [6, 6.07) is 6.96. The molecule has 1 heterocycles. The number of para-hydroxylation sites is 1. The molecule has 0 radical (unpaired) electrons. The van der Waals surface area contributed by atoms with E-state index in [1.807, 2.05) is 0 Å². The minimum absolute atomic E-state index is 0.0312. The first-order valence-electron chi connectivity index (χ1n) is 5.11. The van der Waals surface area contributed by atoms with Gasteiger partial charge < -0.3 is 10.4 Å². The Balaban J connectivity index is 2.25. The minimum Gasteiger partial charge on any atom is -0.481 e. The van der Waals surface area contributed by atoms with E-state index >= 15 is 0 Å². The molecule has 1 aromatic heterocycles. The van der Waals surface area contributed by atoms with Gasteiger partial charge in [-0.25, -0.2) is 4.98 Å². The topological polar surface area (TPSA) is 95.1 Å². The molecule has 0 aliphatic carbocycles. The number of carboxylic acid groups (broad SMARTS) is 1. The summed E-state index contributed by atoms with van der Waals surface area (Å²) >= 11 is 0. The number of rotatable bonds is 4. The van der Waals surface area contributed by atoms with Crippen molar-refractivity contribution < 1.29 is 9.90 Å². The van der Waals surface area contributed by atoms with E-state index in [1.54, 1.807) is 24.3 Å². The number of benzene rings is 1. The van der Waals surface area contributed by atoms with E-state index in [0.29, 0.717) is 10.9 Å². The third-order valence-corrected chi connectivity index (χ3v) is 2.24. The Kier molecular flexibility index (Phi) is 3.04. The first-order chi connectivity index (χ1) is 8.16. The van der Waals surface area contributed by atoms with E-state index in [1.165, 1.54) is 0 Å².